The van der Waals surface area contributed by atoms with Crippen molar-refractivity contribution in [3.05, 3.63) is 29.8 Å². The van der Waals surface area contributed by atoms with Gasteiger partial charge in [-0.05, 0) is 32.9 Å². The zero-order valence-corrected chi connectivity index (χ0v) is 11.4. The smallest absolute Gasteiger partial charge is 0.241 e. The standard InChI is InChI=1S/C12H17NO4S/c1-9(15)10-5-4-6-11(7-10)18(16,17)13-12(2,3)8-14/h4-7,13-14H,8H2,1-3H3. The summed E-state index contributed by atoms with van der Waals surface area (Å²) in [5.74, 6) is -0.200. The molecule has 100 valence electrons. The molecule has 0 aliphatic carbocycles. The molecular weight excluding hydrogens is 254 g/mol. The maximum absolute atomic E-state index is 12.0. The van der Waals surface area contributed by atoms with Crippen LogP contribution in [0.4, 0.5) is 0 Å². The number of hydrogen-bond donors (Lipinski definition) is 2. The summed E-state index contributed by atoms with van der Waals surface area (Å²) in [6, 6.07) is 5.79. The number of aliphatic hydroxyl groups excluding tert-OH is 1. The Morgan fingerprint density at radius 1 is 1.39 bits per heavy atom. The molecule has 0 saturated heterocycles. The molecule has 1 rings (SSSR count). The third-order valence-electron chi connectivity index (χ3n) is 2.36. The molecule has 0 amide bonds. The van der Waals surface area contributed by atoms with Crippen molar-refractivity contribution in [2.24, 2.45) is 0 Å². The maximum Gasteiger partial charge on any atom is 0.241 e. The lowest BCUT2D eigenvalue weighted by Crippen LogP contribution is -2.46. The number of sulfonamides is 1. The SMILES string of the molecule is CC(=O)c1cccc(S(=O)(=O)NC(C)(C)CO)c1. The van der Waals surface area contributed by atoms with Crippen LogP contribution in [0.15, 0.2) is 29.2 Å². The second-order valence-corrected chi connectivity index (χ2v) is 6.41. The van der Waals surface area contributed by atoms with E-state index in [2.05, 4.69) is 4.72 Å². The van der Waals surface area contributed by atoms with Gasteiger partial charge in [-0.25, -0.2) is 13.1 Å². The van der Waals surface area contributed by atoms with Crippen molar-refractivity contribution in [1.82, 2.24) is 4.72 Å². The van der Waals surface area contributed by atoms with Crippen LogP contribution in [0.25, 0.3) is 0 Å². The molecule has 0 aromatic heterocycles. The van der Waals surface area contributed by atoms with Gasteiger partial charge in [0.15, 0.2) is 5.78 Å². The molecular formula is C12H17NO4S. The minimum atomic E-state index is -3.75. The number of aliphatic hydroxyl groups is 1. The van der Waals surface area contributed by atoms with Gasteiger partial charge in [0, 0.05) is 5.56 Å². The summed E-state index contributed by atoms with van der Waals surface area (Å²) in [5, 5.41) is 9.07. The van der Waals surface area contributed by atoms with Crippen LogP contribution in [-0.2, 0) is 10.0 Å². The van der Waals surface area contributed by atoms with Gasteiger partial charge in [0.05, 0.1) is 17.0 Å². The Labute approximate surface area is 107 Å². The summed E-state index contributed by atoms with van der Waals surface area (Å²) in [7, 11) is -3.75. The number of rotatable bonds is 5. The normalized spacial score (nSPS) is 12.4. The third-order valence-corrected chi connectivity index (χ3v) is 4.05. The first-order chi connectivity index (χ1) is 8.18. The Balaban J connectivity index is 3.13. The molecule has 0 aliphatic heterocycles. The van der Waals surface area contributed by atoms with Gasteiger partial charge >= 0.3 is 0 Å². The molecule has 0 radical (unpaired) electrons. The number of carbonyl (C=O) groups is 1. The number of carbonyl (C=O) groups excluding carboxylic acids is 1. The number of nitrogens with one attached hydrogen (secondary N) is 1. The van der Waals surface area contributed by atoms with Gasteiger partial charge in [0.25, 0.3) is 0 Å². The molecule has 0 unspecified atom stereocenters. The van der Waals surface area contributed by atoms with E-state index in [1.54, 1.807) is 19.9 Å². The van der Waals surface area contributed by atoms with Crippen LogP contribution in [-0.4, -0.2) is 31.5 Å². The van der Waals surface area contributed by atoms with Crippen molar-refractivity contribution in [3.63, 3.8) is 0 Å². The number of hydrogen-bond acceptors (Lipinski definition) is 4. The van der Waals surface area contributed by atoms with Gasteiger partial charge in [-0.2, -0.15) is 0 Å². The van der Waals surface area contributed by atoms with Crippen molar-refractivity contribution in [2.45, 2.75) is 31.2 Å². The molecule has 1 aromatic rings. The van der Waals surface area contributed by atoms with E-state index in [0.717, 1.165) is 0 Å². The first kappa shape index (κ1) is 14.8. The van der Waals surface area contributed by atoms with E-state index in [-0.39, 0.29) is 17.3 Å². The van der Waals surface area contributed by atoms with Gasteiger partial charge in [0.2, 0.25) is 10.0 Å². The molecule has 0 heterocycles. The third kappa shape index (κ3) is 3.63. The Bertz CT molecular complexity index is 549. The van der Waals surface area contributed by atoms with Crippen LogP contribution >= 0.6 is 0 Å². The van der Waals surface area contributed by atoms with E-state index < -0.39 is 15.6 Å². The average molecular weight is 271 g/mol. The highest BCUT2D eigenvalue weighted by atomic mass is 32.2. The molecule has 0 aliphatic rings. The van der Waals surface area contributed by atoms with Crippen molar-refractivity contribution < 1.29 is 18.3 Å². The monoisotopic (exact) mass is 271 g/mol. The molecule has 18 heavy (non-hydrogen) atoms. The van der Waals surface area contributed by atoms with Gasteiger partial charge in [0.1, 0.15) is 0 Å². The molecule has 2 N–H and O–H groups in total. The van der Waals surface area contributed by atoms with Gasteiger partial charge in [-0.1, -0.05) is 12.1 Å². The minimum absolute atomic E-state index is 0.0109. The zero-order valence-electron chi connectivity index (χ0n) is 10.6. The minimum Gasteiger partial charge on any atom is -0.394 e. The summed E-state index contributed by atoms with van der Waals surface area (Å²) >= 11 is 0. The van der Waals surface area contributed by atoms with E-state index in [1.807, 2.05) is 0 Å². The highest BCUT2D eigenvalue weighted by molar-refractivity contribution is 7.89. The van der Waals surface area contributed by atoms with Crippen LogP contribution in [0.5, 0.6) is 0 Å². The van der Waals surface area contributed by atoms with Crippen LogP contribution in [0.3, 0.4) is 0 Å². The summed E-state index contributed by atoms with van der Waals surface area (Å²) < 4.78 is 26.5. The van der Waals surface area contributed by atoms with Crippen molar-refractivity contribution in [1.29, 1.82) is 0 Å². The fourth-order valence-corrected chi connectivity index (χ4v) is 2.79. The molecule has 5 nitrogen and oxygen atoms in total. The van der Waals surface area contributed by atoms with Gasteiger partial charge < -0.3 is 5.11 Å². The fourth-order valence-electron chi connectivity index (χ4n) is 1.34. The largest absolute Gasteiger partial charge is 0.394 e. The average Bonchev–Trinajstić information content (AvgIpc) is 2.28. The van der Waals surface area contributed by atoms with Crippen molar-refractivity contribution >= 4 is 15.8 Å². The van der Waals surface area contributed by atoms with Crippen LogP contribution in [0.1, 0.15) is 31.1 Å². The van der Waals surface area contributed by atoms with Crippen molar-refractivity contribution in [3.8, 4) is 0 Å². The summed E-state index contributed by atoms with van der Waals surface area (Å²) in [6.45, 7) is 4.19. The van der Waals surface area contributed by atoms with Gasteiger partial charge in [-0.3, -0.25) is 4.79 Å². The molecule has 0 fully saturated rings. The van der Waals surface area contributed by atoms with Crippen LogP contribution in [0, 0.1) is 0 Å². The lowest BCUT2D eigenvalue weighted by molar-refractivity contribution is 0.101. The number of Topliss-reactive ketones (excluding diaryl/α,β-unsaturated/α-hetero) is 1. The Morgan fingerprint density at radius 2 is 2.00 bits per heavy atom. The first-order valence-corrected chi connectivity index (χ1v) is 6.92. The Kier molecular flexibility index (Phi) is 4.26. The molecule has 0 atom stereocenters. The molecule has 1 aromatic carbocycles. The topological polar surface area (TPSA) is 83.5 Å². The van der Waals surface area contributed by atoms with E-state index in [1.165, 1.54) is 25.1 Å². The Hall–Kier alpha value is -1.24. The van der Waals surface area contributed by atoms with Crippen LogP contribution < -0.4 is 4.72 Å². The predicted octanol–water partition coefficient (Wildman–Crippen LogP) is 0.938. The zero-order chi connectivity index (χ0) is 14.0. The lowest BCUT2D eigenvalue weighted by atomic mass is 10.1. The molecule has 6 heteroatoms. The van der Waals surface area contributed by atoms with E-state index in [4.69, 9.17) is 5.11 Å². The molecule has 0 bridgehead atoms. The second-order valence-electron chi connectivity index (χ2n) is 4.73. The highest BCUT2D eigenvalue weighted by Gasteiger charge is 2.25. The lowest BCUT2D eigenvalue weighted by Gasteiger charge is -2.23. The summed E-state index contributed by atoms with van der Waals surface area (Å²) in [6.07, 6.45) is 0. The number of ketones is 1. The van der Waals surface area contributed by atoms with E-state index >= 15 is 0 Å². The highest BCUT2D eigenvalue weighted by Crippen LogP contribution is 2.15. The second kappa shape index (κ2) is 5.17. The fraction of sp³-hybridized carbons (Fsp3) is 0.417. The molecule has 0 spiro atoms. The predicted molar refractivity (Wildman–Crippen MR) is 67.9 cm³/mol. The maximum atomic E-state index is 12.0. The van der Waals surface area contributed by atoms with E-state index in [9.17, 15) is 13.2 Å². The van der Waals surface area contributed by atoms with E-state index in [0.29, 0.717) is 5.56 Å². The quantitative estimate of drug-likeness (QED) is 0.781. The summed E-state index contributed by atoms with van der Waals surface area (Å²) in [5.41, 5.74) is -0.620. The first-order valence-electron chi connectivity index (χ1n) is 5.44. The van der Waals surface area contributed by atoms with Crippen LogP contribution in [0.2, 0.25) is 0 Å². The van der Waals surface area contributed by atoms with Crippen molar-refractivity contribution in [2.75, 3.05) is 6.61 Å². The Morgan fingerprint density at radius 3 is 2.50 bits per heavy atom. The number of benzene rings is 1. The summed E-state index contributed by atoms with van der Waals surface area (Å²) in [4.78, 5) is 11.2. The van der Waals surface area contributed by atoms with Gasteiger partial charge in [-0.15, -0.1) is 0 Å². The molecule has 0 saturated carbocycles.